The minimum atomic E-state index is -1.25. The van der Waals surface area contributed by atoms with E-state index in [1.807, 2.05) is 0 Å². The largest absolute Gasteiger partial charge is 0.504 e. The zero-order valence-corrected chi connectivity index (χ0v) is 10.2. The van der Waals surface area contributed by atoms with Crippen molar-refractivity contribution in [3.05, 3.63) is 29.8 Å². The van der Waals surface area contributed by atoms with E-state index in [9.17, 15) is 15.0 Å². The second kappa shape index (κ2) is 7.40. The van der Waals surface area contributed by atoms with Crippen LogP contribution < -0.4 is 0 Å². The summed E-state index contributed by atoms with van der Waals surface area (Å²) in [5.74, 6) is -1.28. The summed E-state index contributed by atoms with van der Waals surface area (Å²) in [5.41, 5.74) is 0.497. The molecular formula is C13H16O6. The normalized spacial score (nSPS) is 12.5. The highest BCUT2D eigenvalue weighted by molar-refractivity contribution is 5.87. The Bertz CT molecular complexity index is 454. The summed E-state index contributed by atoms with van der Waals surface area (Å²) in [6.45, 7) is -0.0861. The van der Waals surface area contributed by atoms with Crippen LogP contribution in [0.25, 0.3) is 6.08 Å². The number of benzene rings is 1. The molecule has 0 bridgehead atoms. The molecule has 0 aromatic heterocycles. The Morgan fingerprint density at radius 2 is 2.05 bits per heavy atom. The van der Waals surface area contributed by atoms with Crippen molar-refractivity contribution >= 4 is 12.0 Å². The third kappa shape index (κ3) is 5.41. The maximum absolute atomic E-state index is 11.3. The third-order valence-corrected chi connectivity index (χ3v) is 2.27. The summed E-state index contributed by atoms with van der Waals surface area (Å²) in [6.07, 6.45) is 1.71. The second-order valence-corrected chi connectivity index (χ2v) is 3.84. The molecule has 0 amide bonds. The number of aromatic hydroxyl groups is 2. The van der Waals surface area contributed by atoms with Crippen molar-refractivity contribution in [2.75, 3.05) is 6.61 Å². The summed E-state index contributed by atoms with van der Waals surface area (Å²) in [6, 6.07) is 4.07. The molecule has 1 aromatic rings. The fourth-order valence-corrected chi connectivity index (χ4v) is 1.31. The van der Waals surface area contributed by atoms with Gasteiger partial charge in [-0.15, -0.1) is 0 Å². The highest BCUT2D eigenvalue weighted by Gasteiger charge is 2.07. The number of esters is 1. The molecule has 19 heavy (non-hydrogen) atoms. The Morgan fingerprint density at radius 3 is 2.68 bits per heavy atom. The number of carbonyl (C=O) groups excluding carboxylic acids is 1. The van der Waals surface area contributed by atoms with Crippen molar-refractivity contribution in [2.24, 2.45) is 0 Å². The van der Waals surface area contributed by atoms with Gasteiger partial charge in [0.15, 0.2) is 11.5 Å². The van der Waals surface area contributed by atoms with Crippen molar-refractivity contribution in [1.82, 2.24) is 0 Å². The molecule has 4 N–H and O–H groups in total. The van der Waals surface area contributed by atoms with Gasteiger partial charge in [-0.1, -0.05) is 6.07 Å². The van der Waals surface area contributed by atoms with Gasteiger partial charge in [0, 0.05) is 19.1 Å². The summed E-state index contributed by atoms with van der Waals surface area (Å²) >= 11 is 0. The first-order chi connectivity index (χ1) is 9.02. The smallest absolute Gasteiger partial charge is 0.333 e. The van der Waals surface area contributed by atoms with Gasteiger partial charge in [0.1, 0.15) is 0 Å². The van der Waals surface area contributed by atoms with Gasteiger partial charge < -0.3 is 25.2 Å². The summed E-state index contributed by atoms with van der Waals surface area (Å²) in [4.78, 5) is 11.3. The third-order valence-electron chi connectivity index (χ3n) is 2.27. The van der Waals surface area contributed by atoms with Gasteiger partial charge in [0.05, 0.1) is 0 Å². The number of phenolic OH excluding ortho intramolecular Hbond substituents is 2. The Labute approximate surface area is 110 Å². The van der Waals surface area contributed by atoms with Crippen LogP contribution in [0.1, 0.15) is 18.4 Å². The molecule has 0 saturated carbocycles. The number of phenols is 2. The van der Waals surface area contributed by atoms with Crippen molar-refractivity contribution in [3.63, 3.8) is 0 Å². The van der Waals surface area contributed by atoms with Crippen molar-refractivity contribution in [1.29, 1.82) is 0 Å². The molecular weight excluding hydrogens is 252 g/mol. The lowest BCUT2D eigenvalue weighted by Gasteiger charge is -2.09. The lowest BCUT2D eigenvalue weighted by Crippen LogP contribution is -2.16. The predicted molar refractivity (Wildman–Crippen MR) is 67.2 cm³/mol. The van der Waals surface area contributed by atoms with Crippen molar-refractivity contribution in [3.8, 4) is 11.5 Å². The Morgan fingerprint density at radius 1 is 1.32 bits per heavy atom. The first kappa shape index (κ1) is 15.0. The van der Waals surface area contributed by atoms with E-state index in [1.54, 1.807) is 0 Å². The summed E-state index contributed by atoms with van der Waals surface area (Å²) in [7, 11) is 0. The van der Waals surface area contributed by atoms with E-state index in [1.165, 1.54) is 24.3 Å². The zero-order chi connectivity index (χ0) is 14.3. The molecule has 1 unspecified atom stereocenters. The molecule has 104 valence electrons. The van der Waals surface area contributed by atoms with Crippen LogP contribution in [0.5, 0.6) is 11.5 Å². The number of aliphatic hydroxyl groups is 2. The Balaban J connectivity index is 2.51. The van der Waals surface area contributed by atoms with Crippen LogP contribution in [-0.2, 0) is 9.53 Å². The predicted octanol–water partition coefficient (Wildman–Crippen LogP) is 0.745. The van der Waals surface area contributed by atoms with Crippen LogP contribution >= 0.6 is 0 Å². The van der Waals surface area contributed by atoms with E-state index in [0.29, 0.717) is 12.0 Å². The monoisotopic (exact) mass is 268 g/mol. The Hall–Kier alpha value is -2.05. The fraction of sp³-hybridized carbons (Fsp3) is 0.308. The molecule has 0 aliphatic carbocycles. The van der Waals surface area contributed by atoms with E-state index in [4.69, 9.17) is 10.2 Å². The van der Waals surface area contributed by atoms with Crippen LogP contribution in [0.2, 0.25) is 0 Å². The van der Waals surface area contributed by atoms with Crippen LogP contribution in [-0.4, -0.2) is 39.3 Å². The van der Waals surface area contributed by atoms with Gasteiger partial charge >= 0.3 is 5.97 Å². The number of aliphatic hydroxyl groups excluding tert-OH is 2. The summed E-state index contributed by atoms with van der Waals surface area (Å²) < 4.78 is 4.63. The van der Waals surface area contributed by atoms with Gasteiger partial charge in [-0.2, -0.15) is 0 Å². The topological polar surface area (TPSA) is 107 Å². The molecule has 0 fully saturated rings. The molecule has 0 spiro atoms. The molecule has 0 heterocycles. The quantitative estimate of drug-likeness (QED) is 0.262. The number of hydrogen-bond acceptors (Lipinski definition) is 6. The zero-order valence-electron chi connectivity index (χ0n) is 10.2. The lowest BCUT2D eigenvalue weighted by atomic mass is 10.2. The first-order valence-electron chi connectivity index (χ1n) is 5.72. The van der Waals surface area contributed by atoms with Crippen LogP contribution in [0.4, 0.5) is 0 Å². The molecule has 1 rings (SSSR count). The Kier molecular flexibility index (Phi) is 5.84. The van der Waals surface area contributed by atoms with Gasteiger partial charge in [-0.05, 0) is 30.2 Å². The number of ether oxygens (including phenoxy) is 1. The van der Waals surface area contributed by atoms with Crippen molar-refractivity contribution in [2.45, 2.75) is 19.1 Å². The van der Waals surface area contributed by atoms with E-state index in [0.717, 1.165) is 6.08 Å². The first-order valence-corrected chi connectivity index (χ1v) is 5.72. The van der Waals surface area contributed by atoms with Crippen molar-refractivity contribution < 1.29 is 30.0 Å². The minimum Gasteiger partial charge on any atom is -0.504 e. The minimum absolute atomic E-state index is 0.0861. The van der Waals surface area contributed by atoms with Crippen LogP contribution in [0.3, 0.4) is 0 Å². The molecule has 1 aromatic carbocycles. The number of carbonyl (C=O) groups is 1. The van der Waals surface area contributed by atoms with E-state index < -0.39 is 12.3 Å². The number of hydrogen-bond donors (Lipinski definition) is 4. The highest BCUT2D eigenvalue weighted by atomic mass is 16.6. The van der Waals surface area contributed by atoms with Gasteiger partial charge in [0.2, 0.25) is 6.29 Å². The average Bonchev–Trinajstić information content (AvgIpc) is 2.38. The van der Waals surface area contributed by atoms with Crippen LogP contribution in [0.15, 0.2) is 24.3 Å². The van der Waals surface area contributed by atoms with Gasteiger partial charge in [0.25, 0.3) is 0 Å². The van der Waals surface area contributed by atoms with E-state index in [2.05, 4.69) is 4.74 Å². The molecule has 0 aliphatic heterocycles. The second-order valence-electron chi connectivity index (χ2n) is 3.84. The number of rotatable bonds is 6. The van der Waals surface area contributed by atoms with E-state index in [-0.39, 0.29) is 24.5 Å². The molecule has 6 heteroatoms. The standard InChI is InChI=1S/C13H16O6/c14-7-1-2-12(17)19-13(18)6-4-9-3-5-10(15)11(16)8-9/h3-6,8,12,14-17H,1-2,7H2. The molecule has 0 saturated heterocycles. The lowest BCUT2D eigenvalue weighted by molar-refractivity contribution is -0.162. The van der Waals surface area contributed by atoms with Gasteiger partial charge in [-0.25, -0.2) is 4.79 Å². The SMILES string of the molecule is O=C(C=Cc1ccc(O)c(O)c1)OC(O)CCCO. The fourth-order valence-electron chi connectivity index (χ4n) is 1.31. The maximum Gasteiger partial charge on any atom is 0.333 e. The summed E-state index contributed by atoms with van der Waals surface area (Å²) in [5, 5.41) is 36.2. The van der Waals surface area contributed by atoms with Gasteiger partial charge in [-0.3, -0.25) is 0 Å². The highest BCUT2D eigenvalue weighted by Crippen LogP contribution is 2.25. The molecule has 0 radical (unpaired) electrons. The van der Waals surface area contributed by atoms with E-state index >= 15 is 0 Å². The average molecular weight is 268 g/mol. The molecule has 1 atom stereocenters. The molecule has 0 aliphatic rings. The maximum atomic E-state index is 11.3. The van der Waals surface area contributed by atoms with Crippen LogP contribution in [0, 0.1) is 0 Å². The molecule has 6 nitrogen and oxygen atoms in total.